The van der Waals surface area contributed by atoms with Crippen LogP contribution in [0.25, 0.3) is 0 Å². The van der Waals surface area contributed by atoms with Crippen LogP contribution < -0.4 is 15.4 Å². The summed E-state index contributed by atoms with van der Waals surface area (Å²) in [5.41, 5.74) is 2.67. The molecule has 0 bridgehead atoms. The summed E-state index contributed by atoms with van der Waals surface area (Å²) in [6.07, 6.45) is 0. The quantitative estimate of drug-likeness (QED) is 0.588. The van der Waals surface area contributed by atoms with E-state index in [0.29, 0.717) is 33.6 Å². The monoisotopic (exact) mass is 438 g/mol. The number of rotatable bonds is 6. The van der Waals surface area contributed by atoms with Crippen LogP contribution >= 0.6 is 15.9 Å². The summed E-state index contributed by atoms with van der Waals surface area (Å²) in [5, 5.41) is 5.69. The molecular formula is C22H19BrN2O3. The van der Waals surface area contributed by atoms with E-state index in [1.54, 1.807) is 49.6 Å². The van der Waals surface area contributed by atoms with Crippen molar-refractivity contribution in [3.8, 4) is 5.75 Å². The third-order valence-corrected chi connectivity index (χ3v) is 4.73. The van der Waals surface area contributed by atoms with Gasteiger partial charge in [0.2, 0.25) is 0 Å². The minimum atomic E-state index is -0.246. The van der Waals surface area contributed by atoms with Gasteiger partial charge in [0.25, 0.3) is 11.8 Å². The molecule has 6 heteroatoms. The summed E-state index contributed by atoms with van der Waals surface area (Å²) in [4.78, 5) is 24.6. The molecule has 3 aromatic rings. The zero-order chi connectivity index (χ0) is 19.9. The molecule has 0 atom stereocenters. The first-order chi connectivity index (χ1) is 13.6. The average molecular weight is 439 g/mol. The molecule has 3 aromatic carbocycles. The Bertz CT molecular complexity index is 973. The van der Waals surface area contributed by atoms with Crippen LogP contribution in [-0.4, -0.2) is 18.9 Å². The van der Waals surface area contributed by atoms with E-state index < -0.39 is 0 Å². The smallest absolute Gasteiger partial charge is 0.255 e. The topological polar surface area (TPSA) is 67.4 Å². The summed E-state index contributed by atoms with van der Waals surface area (Å²) in [5.74, 6) is 0.243. The van der Waals surface area contributed by atoms with Crippen molar-refractivity contribution in [1.82, 2.24) is 5.32 Å². The molecule has 0 unspecified atom stereocenters. The van der Waals surface area contributed by atoms with Crippen LogP contribution in [0.4, 0.5) is 5.69 Å². The normalized spacial score (nSPS) is 10.2. The van der Waals surface area contributed by atoms with Crippen LogP contribution in [0.1, 0.15) is 26.3 Å². The first-order valence-electron chi connectivity index (χ1n) is 8.64. The second kappa shape index (κ2) is 9.19. The Morgan fingerprint density at radius 1 is 0.893 bits per heavy atom. The highest BCUT2D eigenvalue weighted by Crippen LogP contribution is 2.26. The lowest BCUT2D eigenvalue weighted by Gasteiger charge is -2.09. The van der Waals surface area contributed by atoms with E-state index in [2.05, 4.69) is 26.6 Å². The van der Waals surface area contributed by atoms with E-state index in [0.717, 1.165) is 5.56 Å². The molecule has 3 rings (SSSR count). The molecule has 0 heterocycles. The fourth-order valence-corrected chi connectivity index (χ4v) is 3.14. The fourth-order valence-electron chi connectivity index (χ4n) is 2.60. The number of amides is 2. The lowest BCUT2D eigenvalue weighted by Crippen LogP contribution is -2.22. The minimum Gasteiger partial charge on any atom is -0.496 e. The number of halogens is 1. The van der Waals surface area contributed by atoms with Gasteiger partial charge in [-0.3, -0.25) is 9.59 Å². The van der Waals surface area contributed by atoms with Gasteiger partial charge in [0.15, 0.2) is 0 Å². The predicted molar refractivity (Wildman–Crippen MR) is 113 cm³/mol. The molecule has 0 saturated heterocycles. The van der Waals surface area contributed by atoms with E-state index in [4.69, 9.17) is 4.74 Å². The number of nitrogens with one attached hydrogen (secondary N) is 2. The standard InChI is InChI=1S/C22H19BrN2O3/c1-28-20-12-9-17(13-19(20)23)22(27)25-18-10-7-16(8-11-18)21(26)24-14-15-5-3-2-4-6-15/h2-13H,14H2,1H3,(H,24,26)(H,25,27). The van der Waals surface area contributed by atoms with Gasteiger partial charge in [0.05, 0.1) is 11.6 Å². The van der Waals surface area contributed by atoms with Crippen LogP contribution in [0, 0.1) is 0 Å². The maximum Gasteiger partial charge on any atom is 0.255 e. The van der Waals surface area contributed by atoms with E-state index in [-0.39, 0.29) is 11.8 Å². The fraction of sp³-hybridized carbons (Fsp3) is 0.0909. The number of hydrogen-bond donors (Lipinski definition) is 2. The average Bonchev–Trinajstić information content (AvgIpc) is 2.73. The first-order valence-corrected chi connectivity index (χ1v) is 9.43. The summed E-state index contributed by atoms with van der Waals surface area (Å²) in [6.45, 7) is 0.463. The highest BCUT2D eigenvalue weighted by Gasteiger charge is 2.10. The molecule has 0 aliphatic carbocycles. The number of carbonyl (C=O) groups excluding carboxylic acids is 2. The SMILES string of the molecule is COc1ccc(C(=O)Nc2ccc(C(=O)NCc3ccccc3)cc2)cc1Br. The largest absolute Gasteiger partial charge is 0.496 e. The Balaban J connectivity index is 1.60. The van der Waals surface area contributed by atoms with Gasteiger partial charge in [-0.15, -0.1) is 0 Å². The van der Waals surface area contributed by atoms with E-state index in [1.165, 1.54) is 0 Å². The second-order valence-electron chi connectivity index (χ2n) is 6.05. The van der Waals surface area contributed by atoms with Crippen LogP contribution in [0.2, 0.25) is 0 Å². The van der Waals surface area contributed by atoms with Gasteiger partial charge < -0.3 is 15.4 Å². The summed E-state index contributed by atoms with van der Waals surface area (Å²) in [6, 6.07) is 21.6. The maximum atomic E-state index is 12.4. The first kappa shape index (κ1) is 19.6. The number of anilines is 1. The highest BCUT2D eigenvalue weighted by atomic mass is 79.9. The van der Waals surface area contributed by atoms with Crippen LogP contribution in [0.15, 0.2) is 77.3 Å². The Labute approximate surface area is 171 Å². The summed E-state index contributed by atoms with van der Waals surface area (Å²) < 4.78 is 5.87. The maximum absolute atomic E-state index is 12.4. The van der Waals surface area contributed by atoms with Crippen molar-refractivity contribution >= 4 is 33.4 Å². The second-order valence-corrected chi connectivity index (χ2v) is 6.90. The molecule has 0 saturated carbocycles. The number of ether oxygens (including phenoxy) is 1. The van der Waals surface area contributed by atoms with Crippen molar-refractivity contribution in [3.63, 3.8) is 0 Å². The number of hydrogen-bond acceptors (Lipinski definition) is 3. The molecule has 0 aliphatic rings. The van der Waals surface area contributed by atoms with Gasteiger partial charge in [0, 0.05) is 23.4 Å². The molecule has 0 aliphatic heterocycles. The zero-order valence-electron chi connectivity index (χ0n) is 15.2. The lowest BCUT2D eigenvalue weighted by molar-refractivity contribution is 0.0950. The Hall–Kier alpha value is -3.12. The molecule has 0 aromatic heterocycles. The number of carbonyl (C=O) groups is 2. The molecule has 2 N–H and O–H groups in total. The van der Waals surface area contributed by atoms with Crippen LogP contribution in [0.3, 0.4) is 0 Å². The van der Waals surface area contributed by atoms with Gasteiger partial charge in [0.1, 0.15) is 5.75 Å². The van der Waals surface area contributed by atoms with E-state index in [9.17, 15) is 9.59 Å². The van der Waals surface area contributed by atoms with Gasteiger partial charge in [-0.2, -0.15) is 0 Å². The lowest BCUT2D eigenvalue weighted by atomic mass is 10.1. The molecule has 142 valence electrons. The number of methoxy groups -OCH3 is 1. The Morgan fingerprint density at radius 2 is 1.57 bits per heavy atom. The van der Waals surface area contributed by atoms with Crippen molar-refractivity contribution in [2.75, 3.05) is 12.4 Å². The molecular weight excluding hydrogens is 420 g/mol. The molecule has 28 heavy (non-hydrogen) atoms. The molecule has 0 radical (unpaired) electrons. The van der Waals surface area contributed by atoms with Crippen molar-refractivity contribution in [2.45, 2.75) is 6.54 Å². The van der Waals surface area contributed by atoms with Crippen molar-refractivity contribution in [3.05, 3.63) is 94.0 Å². The Morgan fingerprint density at radius 3 is 2.21 bits per heavy atom. The third-order valence-electron chi connectivity index (χ3n) is 4.11. The molecule has 0 fully saturated rings. The molecule has 0 spiro atoms. The summed E-state index contributed by atoms with van der Waals surface area (Å²) in [7, 11) is 1.57. The van der Waals surface area contributed by atoms with Gasteiger partial charge in [-0.1, -0.05) is 30.3 Å². The highest BCUT2D eigenvalue weighted by molar-refractivity contribution is 9.10. The van der Waals surface area contributed by atoms with E-state index in [1.807, 2.05) is 30.3 Å². The zero-order valence-corrected chi connectivity index (χ0v) is 16.8. The van der Waals surface area contributed by atoms with Crippen molar-refractivity contribution < 1.29 is 14.3 Å². The van der Waals surface area contributed by atoms with Gasteiger partial charge in [-0.25, -0.2) is 0 Å². The Kier molecular flexibility index (Phi) is 6.45. The van der Waals surface area contributed by atoms with Crippen molar-refractivity contribution in [1.29, 1.82) is 0 Å². The third kappa shape index (κ3) is 4.98. The van der Waals surface area contributed by atoms with Crippen LogP contribution in [0.5, 0.6) is 5.75 Å². The van der Waals surface area contributed by atoms with E-state index >= 15 is 0 Å². The molecule has 2 amide bonds. The minimum absolute atomic E-state index is 0.166. The van der Waals surface area contributed by atoms with Gasteiger partial charge >= 0.3 is 0 Å². The van der Waals surface area contributed by atoms with Crippen LogP contribution in [-0.2, 0) is 6.54 Å². The summed E-state index contributed by atoms with van der Waals surface area (Å²) >= 11 is 3.37. The predicted octanol–water partition coefficient (Wildman–Crippen LogP) is 4.64. The number of benzene rings is 3. The van der Waals surface area contributed by atoms with Gasteiger partial charge in [-0.05, 0) is 64.0 Å². The molecule has 5 nitrogen and oxygen atoms in total. The van der Waals surface area contributed by atoms with Crippen molar-refractivity contribution in [2.24, 2.45) is 0 Å².